The molecule has 2 heterocycles. The standard InChI is InChI=1S/C15H15BrFN3O/c1-7-4-10(9(3)21-7)8(2)20-14-5-11(16)12(17)6-13(14)19-15(20)18/h4-6,8H,1-3H3,(H2,18,19). The molecule has 0 amide bonds. The average Bonchev–Trinajstić information content (AvgIpc) is 2.89. The van der Waals surface area contributed by atoms with Crippen molar-refractivity contribution in [1.82, 2.24) is 9.55 Å². The molecule has 2 aromatic heterocycles. The zero-order chi connectivity index (χ0) is 15.3. The van der Waals surface area contributed by atoms with Gasteiger partial charge in [0.05, 0.1) is 21.5 Å². The van der Waals surface area contributed by atoms with Gasteiger partial charge in [0.2, 0.25) is 5.95 Å². The quantitative estimate of drug-likeness (QED) is 0.746. The Bertz CT molecular complexity index is 837. The molecule has 3 rings (SSSR count). The molecule has 1 atom stereocenters. The molecule has 21 heavy (non-hydrogen) atoms. The molecule has 0 saturated carbocycles. The van der Waals surface area contributed by atoms with Crippen molar-refractivity contribution in [2.75, 3.05) is 5.73 Å². The number of halogens is 2. The van der Waals surface area contributed by atoms with E-state index in [1.54, 1.807) is 6.07 Å². The van der Waals surface area contributed by atoms with Gasteiger partial charge in [0.1, 0.15) is 17.3 Å². The molecular weight excluding hydrogens is 337 g/mol. The molecule has 0 aliphatic carbocycles. The van der Waals surface area contributed by atoms with Crippen molar-refractivity contribution in [3.05, 3.63) is 45.6 Å². The summed E-state index contributed by atoms with van der Waals surface area (Å²) in [6.45, 7) is 5.85. The summed E-state index contributed by atoms with van der Waals surface area (Å²) in [6.07, 6.45) is 0. The molecule has 0 radical (unpaired) electrons. The monoisotopic (exact) mass is 351 g/mol. The minimum atomic E-state index is -0.352. The normalized spacial score (nSPS) is 13.0. The van der Waals surface area contributed by atoms with Gasteiger partial charge in [-0.1, -0.05) is 0 Å². The van der Waals surface area contributed by atoms with E-state index in [-0.39, 0.29) is 11.9 Å². The van der Waals surface area contributed by atoms with Crippen molar-refractivity contribution in [3.63, 3.8) is 0 Å². The van der Waals surface area contributed by atoms with Crippen LogP contribution >= 0.6 is 15.9 Å². The average molecular weight is 352 g/mol. The Balaban J connectivity index is 2.22. The number of imidazole rings is 1. The molecule has 110 valence electrons. The number of fused-ring (bicyclic) bond motifs is 1. The van der Waals surface area contributed by atoms with Crippen molar-refractivity contribution in [1.29, 1.82) is 0 Å². The van der Waals surface area contributed by atoms with Crippen molar-refractivity contribution >= 4 is 32.9 Å². The summed E-state index contributed by atoms with van der Waals surface area (Å²) in [5, 5.41) is 0. The summed E-state index contributed by atoms with van der Waals surface area (Å²) in [5.41, 5.74) is 8.40. The van der Waals surface area contributed by atoms with Crippen LogP contribution in [-0.2, 0) is 0 Å². The Kier molecular flexibility index (Phi) is 3.28. The van der Waals surface area contributed by atoms with Crippen LogP contribution in [0.1, 0.15) is 30.0 Å². The first-order valence-corrected chi connectivity index (χ1v) is 7.37. The van der Waals surface area contributed by atoms with Gasteiger partial charge in [-0.15, -0.1) is 0 Å². The van der Waals surface area contributed by atoms with Gasteiger partial charge >= 0.3 is 0 Å². The summed E-state index contributed by atoms with van der Waals surface area (Å²) in [4.78, 5) is 4.25. The van der Waals surface area contributed by atoms with Gasteiger partial charge in [-0.05, 0) is 48.8 Å². The van der Waals surface area contributed by atoms with E-state index < -0.39 is 0 Å². The van der Waals surface area contributed by atoms with E-state index >= 15 is 0 Å². The van der Waals surface area contributed by atoms with Crippen LogP contribution in [-0.4, -0.2) is 9.55 Å². The number of aryl methyl sites for hydroxylation is 2. The zero-order valence-electron chi connectivity index (χ0n) is 11.9. The third kappa shape index (κ3) is 2.23. The second kappa shape index (κ2) is 4.87. The van der Waals surface area contributed by atoms with Crippen LogP contribution < -0.4 is 5.73 Å². The molecule has 4 nitrogen and oxygen atoms in total. The number of nitrogens with two attached hydrogens (primary N) is 1. The number of furan rings is 1. The van der Waals surface area contributed by atoms with E-state index in [0.29, 0.717) is 15.9 Å². The molecule has 1 unspecified atom stereocenters. The summed E-state index contributed by atoms with van der Waals surface area (Å²) >= 11 is 3.21. The third-order valence-corrected chi connectivity index (χ3v) is 4.28. The number of hydrogen-bond donors (Lipinski definition) is 1. The van der Waals surface area contributed by atoms with Gasteiger partial charge in [0.15, 0.2) is 0 Å². The second-order valence-corrected chi connectivity index (χ2v) is 5.99. The Morgan fingerprint density at radius 1 is 1.33 bits per heavy atom. The van der Waals surface area contributed by atoms with Gasteiger partial charge in [-0.3, -0.25) is 0 Å². The maximum absolute atomic E-state index is 13.6. The Labute approximate surface area is 129 Å². The largest absolute Gasteiger partial charge is 0.466 e. The molecule has 0 bridgehead atoms. The van der Waals surface area contributed by atoms with E-state index in [1.165, 1.54) is 6.07 Å². The van der Waals surface area contributed by atoms with Crippen LogP contribution in [0.25, 0.3) is 11.0 Å². The van der Waals surface area contributed by atoms with Gasteiger partial charge in [-0.25, -0.2) is 9.37 Å². The summed E-state index contributed by atoms with van der Waals surface area (Å²) in [7, 11) is 0. The molecule has 0 saturated heterocycles. The first-order valence-electron chi connectivity index (χ1n) is 6.58. The molecule has 0 aliphatic rings. The number of nitrogens with zero attached hydrogens (tertiary/aromatic N) is 2. The minimum Gasteiger partial charge on any atom is -0.466 e. The summed E-state index contributed by atoms with van der Waals surface area (Å²) < 4.78 is 21.5. The van der Waals surface area contributed by atoms with Crippen LogP contribution in [0.5, 0.6) is 0 Å². The molecule has 0 aliphatic heterocycles. The van der Waals surface area contributed by atoms with Gasteiger partial charge < -0.3 is 14.7 Å². The van der Waals surface area contributed by atoms with E-state index in [1.807, 2.05) is 31.4 Å². The first-order chi connectivity index (χ1) is 9.88. The molecule has 1 aromatic carbocycles. The Hall–Kier alpha value is -1.82. The highest BCUT2D eigenvalue weighted by Crippen LogP contribution is 2.32. The van der Waals surface area contributed by atoms with Crippen LogP contribution in [0.3, 0.4) is 0 Å². The lowest BCUT2D eigenvalue weighted by Crippen LogP contribution is -2.10. The molecule has 3 aromatic rings. The van der Waals surface area contributed by atoms with Gasteiger partial charge in [0.25, 0.3) is 0 Å². The highest BCUT2D eigenvalue weighted by atomic mass is 79.9. The smallest absolute Gasteiger partial charge is 0.201 e. The molecule has 0 spiro atoms. The lowest BCUT2D eigenvalue weighted by atomic mass is 10.1. The number of nitrogen functional groups attached to an aromatic ring is 1. The lowest BCUT2D eigenvalue weighted by molar-refractivity contribution is 0.495. The fourth-order valence-corrected chi connectivity index (χ4v) is 3.05. The topological polar surface area (TPSA) is 57.0 Å². The maximum Gasteiger partial charge on any atom is 0.201 e. The number of rotatable bonds is 2. The highest BCUT2D eigenvalue weighted by molar-refractivity contribution is 9.10. The van der Waals surface area contributed by atoms with Crippen molar-refractivity contribution in [2.24, 2.45) is 0 Å². The van der Waals surface area contributed by atoms with Crippen molar-refractivity contribution in [2.45, 2.75) is 26.8 Å². The van der Waals surface area contributed by atoms with E-state index in [4.69, 9.17) is 10.2 Å². The predicted molar refractivity (Wildman–Crippen MR) is 83.8 cm³/mol. The second-order valence-electron chi connectivity index (χ2n) is 5.14. The van der Waals surface area contributed by atoms with Crippen LogP contribution in [0.2, 0.25) is 0 Å². The molecule has 0 fully saturated rings. The molecule has 2 N–H and O–H groups in total. The summed E-state index contributed by atoms with van der Waals surface area (Å²) in [6, 6.07) is 5.02. The number of aromatic nitrogens is 2. The maximum atomic E-state index is 13.6. The highest BCUT2D eigenvalue weighted by Gasteiger charge is 2.20. The third-order valence-electron chi connectivity index (χ3n) is 3.68. The van der Waals surface area contributed by atoms with Crippen LogP contribution in [0, 0.1) is 19.7 Å². The minimum absolute atomic E-state index is 0.0511. The van der Waals surface area contributed by atoms with Gasteiger partial charge in [-0.2, -0.15) is 0 Å². The lowest BCUT2D eigenvalue weighted by Gasteiger charge is -2.15. The van der Waals surface area contributed by atoms with E-state index in [2.05, 4.69) is 20.9 Å². The van der Waals surface area contributed by atoms with Gasteiger partial charge in [0, 0.05) is 11.6 Å². The first kappa shape index (κ1) is 14.1. The Morgan fingerprint density at radius 3 is 2.67 bits per heavy atom. The van der Waals surface area contributed by atoms with Crippen molar-refractivity contribution < 1.29 is 8.81 Å². The summed E-state index contributed by atoms with van der Waals surface area (Å²) in [5.74, 6) is 1.70. The fourth-order valence-electron chi connectivity index (χ4n) is 2.72. The van der Waals surface area contributed by atoms with Crippen LogP contribution in [0.15, 0.2) is 27.1 Å². The fraction of sp³-hybridized carbons (Fsp3) is 0.267. The molecular formula is C15H15BrFN3O. The zero-order valence-corrected chi connectivity index (χ0v) is 13.5. The molecule has 6 heteroatoms. The SMILES string of the molecule is Cc1cc(C(C)n2c(N)nc3cc(F)c(Br)cc32)c(C)o1. The van der Waals surface area contributed by atoms with Crippen molar-refractivity contribution in [3.8, 4) is 0 Å². The predicted octanol–water partition coefficient (Wildman–Crippen LogP) is 4.34. The number of hydrogen-bond acceptors (Lipinski definition) is 3. The Morgan fingerprint density at radius 2 is 2.05 bits per heavy atom. The van der Waals surface area contributed by atoms with E-state index in [0.717, 1.165) is 22.6 Å². The van der Waals surface area contributed by atoms with Crippen LogP contribution in [0.4, 0.5) is 10.3 Å². The number of anilines is 1. The number of benzene rings is 1. The van der Waals surface area contributed by atoms with E-state index in [9.17, 15) is 4.39 Å².